The Balaban J connectivity index is 5.02. The quantitative estimate of drug-likeness (QED) is 0.413. The van der Waals surface area contributed by atoms with Crippen LogP contribution in [0, 0.1) is 0 Å². The molecule has 0 heterocycles. The number of carboxylic acid groups (broad SMARTS) is 1. The maximum Gasteiger partial charge on any atom is 0.453 e. The molecule has 1 N–H and O–H groups in total. The number of halogens is 6. The second-order valence-corrected chi connectivity index (χ2v) is 1.66. The smallest absolute Gasteiger partial charge is 0.453 e. The molecule has 0 bridgehead atoms. The van der Waals surface area contributed by atoms with Gasteiger partial charge in [0.25, 0.3) is 0 Å². The van der Waals surface area contributed by atoms with Crippen LogP contribution in [-0.4, -0.2) is 28.4 Å². The maximum atomic E-state index is 12.0. The molecule has 0 aromatic rings. The van der Waals surface area contributed by atoms with Crippen LogP contribution in [0.25, 0.3) is 0 Å². The number of hydrogen-bond donors (Lipinski definition) is 1. The molecule has 0 radical (unpaired) electrons. The van der Waals surface area contributed by atoms with Crippen LogP contribution in [-0.2, 0) is 4.79 Å². The predicted molar refractivity (Wildman–Crippen MR) is 21.6 cm³/mol. The largest absolute Gasteiger partial charge is 0.477 e. The number of alkyl halides is 4. The van der Waals surface area contributed by atoms with Crippen molar-refractivity contribution in [3.8, 4) is 0 Å². The van der Waals surface area contributed by atoms with Crippen molar-refractivity contribution in [2.45, 2.75) is 12.0 Å². The fourth-order valence-electron chi connectivity index (χ4n) is 0.289. The highest BCUT2D eigenvalue weighted by Gasteiger charge is 2.69. The maximum absolute atomic E-state index is 12.0. The van der Waals surface area contributed by atoms with E-state index in [0.717, 1.165) is 0 Å². The summed E-state index contributed by atoms with van der Waals surface area (Å²) in [4.78, 5) is 9.49. The molecule has 0 aromatic carbocycles. The Morgan fingerprint density at radius 1 is 1.17 bits per heavy atom. The first-order chi connectivity index (χ1) is 5.14. The number of aliphatic carboxylic acids is 1. The molecule has 12 heavy (non-hydrogen) atoms. The van der Waals surface area contributed by atoms with E-state index in [1.165, 1.54) is 0 Å². The van der Waals surface area contributed by atoms with Gasteiger partial charge in [0.15, 0.2) is 0 Å². The monoisotopic (exact) mass is 197 g/mol. The fourth-order valence-corrected chi connectivity index (χ4v) is 0.289. The Bertz CT molecular complexity index is 190. The first-order valence-corrected chi connectivity index (χ1v) is 2.25. The summed E-state index contributed by atoms with van der Waals surface area (Å²) in [6.45, 7) is 0. The van der Waals surface area contributed by atoms with Crippen LogP contribution in [0.2, 0.25) is 0 Å². The van der Waals surface area contributed by atoms with E-state index in [2.05, 4.69) is 0 Å². The van der Waals surface area contributed by atoms with Gasteiger partial charge < -0.3 is 5.11 Å². The third-order valence-corrected chi connectivity index (χ3v) is 0.892. The van der Waals surface area contributed by atoms with Crippen LogP contribution in [0.15, 0.2) is 0 Å². The first-order valence-electron chi connectivity index (χ1n) is 2.25. The summed E-state index contributed by atoms with van der Waals surface area (Å²) in [6.07, 6.45) is -6.19. The summed E-state index contributed by atoms with van der Waals surface area (Å²) < 4.78 is 68.4. The Kier molecular flexibility index (Phi) is 2.58. The lowest BCUT2D eigenvalue weighted by Crippen LogP contribution is -2.55. The van der Waals surface area contributed by atoms with Gasteiger partial charge in [-0.2, -0.15) is 17.6 Å². The Hall–Kier alpha value is -0.990. The normalized spacial score (nSPS) is 17.6. The van der Waals surface area contributed by atoms with Crippen LogP contribution < -0.4 is 0 Å². The van der Waals surface area contributed by atoms with E-state index in [0.29, 0.717) is 0 Å². The van der Waals surface area contributed by atoms with Crippen LogP contribution in [0.4, 0.5) is 26.5 Å². The van der Waals surface area contributed by atoms with E-state index >= 15 is 0 Å². The topological polar surface area (TPSA) is 40.5 Å². The molecule has 0 spiro atoms. The molecule has 0 saturated carbocycles. The SMILES string of the molecule is O=C(O)[C@@](F)(N(F)F)C(F)(F)F. The van der Waals surface area contributed by atoms with Gasteiger partial charge in [0.05, 0.1) is 5.34 Å². The van der Waals surface area contributed by atoms with E-state index in [4.69, 9.17) is 5.11 Å². The minimum atomic E-state index is -6.19. The van der Waals surface area contributed by atoms with Crippen LogP contribution in [0.1, 0.15) is 0 Å². The number of carboxylic acids is 1. The van der Waals surface area contributed by atoms with Gasteiger partial charge in [-0.25, -0.2) is 4.79 Å². The summed E-state index contributed by atoms with van der Waals surface area (Å²) in [7, 11) is 0. The van der Waals surface area contributed by atoms with Crippen molar-refractivity contribution in [1.82, 2.24) is 5.34 Å². The minimum Gasteiger partial charge on any atom is -0.477 e. The molecule has 3 nitrogen and oxygen atoms in total. The summed E-state index contributed by atoms with van der Waals surface area (Å²) >= 11 is 0. The van der Waals surface area contributed by atoms with Crippen LogP contribution in [0.5, 0.6) is 0 Å². The van der Waals surface area contributed by atoms with Crippen molar-refractivity contribution in [1.29, 1.82) is 0 Å². The highest BCUT2D eigenvalue weighted by atomic mass is 19.4. The van der Waals surface area contributed by atoms with Crippen molar-refractivity contribution in [3.05, 3.63) is 0 Å². The zero-order valence-electron chi connectivity index (χ0n) is 5.07. The zero-order valence-corrected chi connectivity index (χ0v) is 5.07. The van der Waals surface area contributed by atoms with E-state index in [1.54, 1.807) is 0 Å². The van der Waals surface area contributed by atoms with Crippen LogP contribution in [0.3, 0.4) is 0 Å². The van der Waals surface area contributed by atoms with Crippen molar-refractivity contribution in [3.63, 3.8) is 0 Å². The number of nitrogens with zero attached hydrogens (tertiary/aromatic N) is 1. The van der Waals surface area contributed by atoms with E-state index in [1.807, 2.05) is 0 Å². The van der Waals surface area contributed by atoms with Gasteiger partial charge in [-0.15, -0.1) is 0 Å². The summed E-state index contributed by atoms with van der Waals surface area (Å²) in [5.41, 5.74) is 0. The second-order valence-electron chi connectivity index (χ2n) is 1.66. The van der Waals surface area contributed by atoms with Gasteiger partial charge >= 0.3 is 17.9 Å². The Morgan fingerprint density at radius 2 is 1.50 bits per heavy atom. The Morgan fingerprint density at radius 3 is 1.50 bits per heavy atom. The molecule has 0 aliphatic rings. The van der Waals surface area contributed by atoms with Crippen molar-refractivity contribution in [2.75, 3.05) is 0 Å². The minimum absolute atomic E-state index is 3.05. The Labute approximate surface area is 61.0 Å². The first kappa shape index (κ1) is 11.0. The molecule has 0 aliphatic heterocycles. The van der Waals surface area contributed by atoms with E-state index in [-0.39, 0.29) is 0 Å². The van der Waals surface area contributed by atoms with E-state index < -0.39 is 23.3 Å². The van der Waals surface area contributed by atoms with Gasteiger partial charge in [0.2, 0.25) is 0 Å². The van der Waals surface area contributed by atoms with Crippen molar-refractivity contribution < 1.29 is 36.4 Å². The molecule has 0 unspecified atom stereocenters. The molecule has 0 saturated heterocycles. The lowest BCUT2D eigenvalue weighted by Gasteiger charge is -2.22. The van der Waals surface area contributed by atoms with Gasteiger partial charge in [-0.05, 0) is 0 Å². The second kappa shape index (κ2) is 2.81. The molecule has 0 rings (SSSR count). The van der Waals surface area contributed by atoms with Gasteiger partial charge in [0, 0.05) is 0 Å². The molecule has 0 aromatic heterocycles. The average molecular weight is 197 g/mol. The van der Waals surface area contributed by atoms with Gasteiger partial charge in [-0.1, -0.05) is 8.96 Å². The summed E-state index contributed by atoms with van der Waals surface area (Å²) in [5, 5.41) is 4.48. The molecular formula is C3HF6NO2. The zero-order chi connectivity index (χ0) is 10.2. The predicted octanol–water partition coefficient (Wildman–Crippen LogP) is 1.37. The molecule has 1 atom stereocenters. The molecule has 0 fully saturated rings. The van der Waals surface area contributed by atoms with Crippen LogP contribution >= 0.6 is 0 Å². The molecule has 0 aliphatic carbocycles. The molecule has 0 amide bonds. The molecule has 72 valence electrons. The summed E-state index contributed by atoms with van der Waals surface area (Å²) in [6, 6.07) is 0. The fraction of sp³-hybridized carbons (Fsp3) is 0.667. The third kappa shape index (κ3) is 1.44. The van der Waals surface area contributed by atoms with Crippen molar-refractivity contribution >= 4 is 5.97 Å². The highest BCUT2D eigenvalue weighted by Crippen LogP contribution is 2.37. The highest BCUT2D eigenvalue weighted by molar-refractivity contribution is 5.77. The standard InChI is InChI=1S/C3HF6NO2/c4-2(1(11)12,10(8)9)3(5,6)7/h(H,11,12)/t2-/m1/s1. The molecule has 9 heteroatoms. The lowest BCUT2D eigenvalue weighted by atomic mass is 10.2. The lowest BCUT2D eigenvalue weighted by molar-refractivity contribution is -0.367. The van der Waals surface area contributed by atoms with E-state index in [9.17, 15) is 31.3 Å². The third-order valence-electron chi connectivity index (χ3n) is 0.892. The molecular weight excluding hydrogens is 196 g/mol. The van der Waals surface area contributed by atoms with Gasteiger partial charge in [-0.3, -0.25) is 0 Å². The number of rotatable bonds is 2. The summed E-state index contributed by atoms with van der Waals surface area (Å²) in [5.74, 6) is -8.97. The van der Waals surface area contributed by atoms with Gasteiger partial charge in [0.1, 0.15) is 0 Å². The number of hydrogen-bond acceptors (Lipinski definition) is 2. The van der Waals surface area contributed by atoms with Crippen molar-refractivity contribution in [2.24, 2.45) is 0 Å². The number of carbonyl (C=O) groups is 1. The average Bonchev–Trinajstić information content (AvgIpc) is 1.82.